The summed E-state index contributed by atoms with van der Waals surface area (Å²) in [6.45, 7) is 7.72. The maximum Gasteiger partial charge on any atom is 0.244 e. The molecule has 1 saturated heterocycles. The molecule has 21 heavy (non-hydrogen) atoms. The van der Waals surface area contributed by atoms with Crippen LogP contribution in [-0.4, -0.2) is 47.8 Å². The topological polar surface area (TPSA) is 62.3 Å². The number of pyridine rings is 1. The van der Waals surface area contributed by atoms with Crippen LogP contribution in [0.5, 0.6) is 0 Å². The highest BCUT2D eigenvalue weighted by atomic mass is 35.5. The number of nitrogens with one attached hydrogen (secondary N) is 1. The van der Waals surface area contributed by atoms with Crippen LogP contribution in [-0.2, 0) is 10.0 Å². The molecule has 8 heteroatoms. The Labute approximate surface area is 135 Å². The van der Waals surface area contributed by atoms with E-state index >= 15 is 0 Å². The standard InChI is InChI=1S/C13H20ClN3O2S2/c1-4-15-12-11(14)7-10(8-16-12)21(18,19)17-5-6-20-13(2,3)9-17/h7-8H,4-6,9H2,1-3H3,(H,15,16). The van der Waals surface area contributed by atoms with Crippen molar-refractivity contribution in [3.05, 3.63) is 17.3 Å². The van der Waals surface area contributed by atoms with Crippen LogP contribution in [0.2, 0.25) is 5.02 Å². The van der Waals surface area contributed by atoms with Gasteiger partial charge < -0.3 is 5.32 Å². The molecule has 5 nitrogen and oxygen atoms in total. The lowest BCUT2D eigenvalue weighted by molar-refractivity contribution is 0.387. The minimum absolute atomic E-state index is 0.0771. The molecule has 0 radical (unpaired) electrons. The Morgan fingerprint density at radius 2 is 2.24 bits per heavy atom. The number of thioether (sulfide) groups is 1. The van der Waals surface area contributed by atoms with Gasteiger partial charge in [0.05, 0.1) is 5.02 Å². The zero-order valence-corrected chi connectivity index (χ0v) is 14.8. The average Bonchev–Trinajstić information content (AvgIpc) is 2.40. The smallest absolute Gasteiger partial charge is 0.244 e. The highest BCUT2D eigenvalue weighted by molar-refractivity contribution is 8.00. The Morgan fingerprint density at radius 1 is 1.52 bits per heavy atom. The Bertz CT molecular complexity index is 620. The Hall–Kier alpha value is -0.500. The van der Waals surface area contributed by atoms with Crippen LogP contribution in [0.1, 0.15) is 20.8 Å². The van der Waals surface area contributed by atoms with Gasteiger partial charge in [0.1, 0.15) is 10.7 Å². The van der Waals surface area contributed by atoms with Gasteiger partial charge in [0.15, 0.2) is 0 Å². The molecule has 1 aromatic rings. The summed E-state index contributed by atoms with van der Waals surface area (Å²) in [5.74, 6) is 1.30. The summed E-state index contributed by atoms with van der Waals surface area (Å²) in [6.07, 6.45) is 1.37. The molecule has 0 aliphatic carbocycles. The number of rotatable bonds is 4. The first kappa shape index (κ1) is 16.9. The van der Waals surface area contributed by atoms with E-state index in [2.05, 4.69) is 24.1 Å². The van der Waals surface area contributed by atoms with E-state index in [0.29, 0.717) is 30.5 Å². The van der Waals surface area contributed by atoms with Crippen LogP contribution >= 0.6 is 23.4 Å². The molecule has 0 amide bonds. The second kappa shape index (κ2) is 6.32. The monoisotopic (exact) mass is 349 g/mol. The molecular formula is C13H20ClN3O2S2. The number of hydrogen-bond acceptors (Lipinski definition) is 5. The van der Waals surface area contributed by atoms with Crippen molar-refractivity contribution in [1.29, 1.82) is 0 Å². The molecular weight excluding hydrogens is 330 g/mol. The van der Waals surface area contributed by atoms with Crippen LogP contribution in [0.4, 0.5) is 5.82 Å². The first-order valence-corrected chi connectivity index (χ1v) is 9.60. The van der Waals surface area contributed by atoms with Crippen LogP contribution in [0.15, 0.2) is 17.2 Å². The number of hydrogen-bond donors (Lipinski definition) is 1. The Morgan fingerprint density at radius 3 is 2.81 bits per heavy atom. The van der Waals surface area contributed by atoms with Crippen molar-refractivity contribution in [2.24, 2.45) is 0 Å². The van der Waals surface area contributed by atoms with Gasteiger partial charge in [-0.15, -0.1) is 0 Å². The molecule has 1 aliphatic rings. The summed E-state index contributed by atoms with van der Waals surface area (Å²) >= 11 is 7.89. The minimum Gasteiger partial charge on any atom is -0.369 e. The largest absolute Gasteiger partial charge is 0.369 e. The third kappa shape index (κ3) is 3.83. The molecule has 0 aromatic carbocycles. The highest BCUT2D eigenvalue weighted by Gasteiger charge is 2.35. The lowest BCUT2D eigenvalue weighted by Gasteiger charge is -2.36. The van der Waals surface area contributed by atoms with Gasteiger partial charge in [-0.3, -0.25) is 0 Å². The van der Waals surface area contributed by atoms with Crippen molar-refractivity contribution in [1.82, 2.24) is 9.29 Å². The van der Waals surface area contributed by atoms with E-state index in [1.807, 2.05) is 6.92 Å². The zero-order chi connectivity index (χ0) is 15.7. The molecule has 0 saturated carbocycles. The summed E-state index contributed by atoms with van der Waals surface area (Å²) in [4.78, 5) is 4.26. The van der Waals surface area contributed by atoms with Crippen molar-refractivity contribution in [3.63, 3.8) is 0 Å². The van der Waals surface area contributed by atoms with Gasteiger partial charge in [0.25, 0.3) is 0 Å². The lowest BCUT2D eigenvalue weighted by atomic mass is 10.2. The van der Waals surface area contributed by atoms with Crippen molar-refractivity contribution >= 4 is 39.2 Å². The first-order chi connectivity index (χ1) is 9.76. The number of aromatic nitrogens is 1. The van der Waals surface area contributed by atoms with E-state index in [1.54, 1.807) is 11.8 Å². The van der Waals surface area contributed by atoms with Crippen molar-refractivity contribution < 1.29 is 8.42 Å². The van der Waals surface area contributed by atoms with Crippen LogP contribution in [0.3, 0.4) is 0 Å². The van der Waals surface area contributed by atoms with E-state index < -0.39 is 10.0 Å². The fraction of sp³-hybridized carbons (Fsp3) is 0.615. The molecule has 1 aliphatic heterocycles. The molecule has 118 valence electrons. The Balaban J connectivity index is 2.29. The van der Waals surface area contributed by atoms with Crippen LogP contribution in [0.25, 0.3) is 0 Å². The Kier molecular flexibility index (Phi) is 5.07. The minimum atomic E-state index is -3.54. The molecule has 1 fully saturated rings. The summed E-state index contributed by atoms with van der Waals surface area (Å²) < 4.78 is 26.8. The van der Waals surface area contributed by atoms with Gasteiger partial charge in [-0.05, 0) is 26.8 Å². The molecule has 1 N–H and O–H groups in total. The van der Waals surface area contributed by atoms with E-state index in [1.165, 1.54) is 16.6 Å². The average molecular weight is 350 g/mol. The number of anilines is 1. The van der Waals surface area contributed by atoms with Crippen LogP contribution < -0.4 is 5.32 Å². The zero-order valence-electron chi connectivity index (χ0n) is 12.4. The predicted octanol–water partition coefficient (Wildman–Crippen LogP) is 2.68. The van der Waals surface area contributed by atoms with Crippen molar-refractivity contribution in [3.8, 4) is 0 Å². The molecule has 0 spiro atoms. The molecule has 0 bridgehead atoms. The van der Waals surface area contributed by atoms with Gasteiger partial charge in [0, 0.05) is 36.3 Å². The predicted molar refractivity (Wildman–Crippen MR) is 88.7 cm³/mol. The molecule has 2 heterocycles. The highest BCUT2D eigenvalue weighted by Crippen LogP contribution is 2.33. The van der Waals surface area contributed by atoms with Gasteiger partial charge >= 0.3 is 0 Å². The lowest BCUT2D eigenvalue weighted by Crippen LogP contribution is -2.46. The van der Waals surface area contributed by atoms with Gasteiger partial charge in [-0.2, -0.15) is 16.1 Å². The fourth-order valence-electron chi connectivity index (χ4n) is 2.19. The van der Waals surface area contributed by atoms with Gasteiger partial charge in [-0.1, -0.05) is 11.6 Å². The normalized spacial score (nSPS) is 19.4. The third-order valence-electron chi connectivity index (χ3n) is 3.19. The second-order valence-corrected chi connectivity index (χ2v) is 9.63. The number of sulfonamides is 1. The molecule has 1 aromatic heterocycles. The van der Waals surface area contributed by atoms with E-state index in [9.17, 15) is 8.42 Å². The van der Waals surface area contributed by atoms with Crippen LogP contribution in [0, 0.1) is 0 Å². The number of nitrogens with zero attached hydrogens (tertiary/aromatic N) is 2. The summed E-state index contributed by atoms with van der Waals surface area (Å²) in [7, 11) is -3.54. The third-order valence-corrected chi connectivity index (χ3v) is 6.58. The van der Waals surface area contributed by atoms with Gasteiger partial charge in [-0.25, -0.2) is 13.4 Å². The van der Waals surface area contributed by atoms with E-state index in [-0.39, 0.29) is 9.64 Å². The van der Waals surface area contributed by atoms with Crippen molar-refractivity contribution in [2.45, 2.75) is 30.4 Å². The quantitative estimate of drug-likeness (QED) is 0.905. The maximum atomic E-state index is 12.7. The summed E-state index contributed by atoms with van der Waals surface area (Å²) in [5.41, 5.74) is 0. The molecule has 0 atom stereocenters. The SMILES string of the molecule is CCNc1ncc(S(=O)(=O)N2CCSC(C)(C)C2)cc1Cl. The van der Waals surface area contributed by atoms with E-state index in [0.717, 1.165) is 5.75 Å². The van der Waals surface area contributed by atoms with Gasteiger partial charge in [0.2, 0.25) is 10.0 Å². The fourth-order valence-corrected chi connectivity index (χ4v) is 5.37. The molecule has 2 rings (SSSR count). The first-order valence-electron chi connectivity index (χ1n) is 6.80. The maximum absolute atomic E-state index is 12.7. The van der Waals surface area contributed by atoms with Crippen molar-refractivity contribution in [2.75, 3.05) is 30.7 Å². The second-order valence-electron chi connectivity index (χ2n) is 5.48. The summed E-state index contributed by atoms with van der Waals surface area (Å²) in [6, 6.07) is 1.47. The van der Waals surface area contributed by atoms with E-state index in [4.69, 9.17) is 11.6 Å². The summed E-state index contributed by atoms with van der Waals surface area (Å²) in [5, 5.41) is 3.32. The number of halogens is 1. The molecule has 0 unspecified atom stereocenters.